The summed E-state index contributed by atoms with van der Waals surface area (Å²) in [6, 6.07) is 15.0. The highest BCUT2D eigenvalue weighted by atomic mass is 35.5. The van der Waals surface area contributed by atoms with Gasteiger partial charge in [-0.15, -0.1) is 16.4 Å². The first kappa shape index (κ1) is 22.1. The maximum atomic E-state index is 12.9. The normalized spacial score (nSPS) is 15.6. The van der Waals surface area contributed by atoms with E-state index in [9.17, 15) is 4.79 Å². The molecule has 1 saturated carbocycles. The molecule has 0 atom stereocenters. The minimum Gasteiger partial charge on any atom is -0.422 e. The van der Waals surface area contributed by atoms with Crippen LogP contribution in [0.2, 0.25) is 10.0 Å². The van der Waals surface area contributed by atoms with Crippen molar-refractivity contribution in [3.8, 4) is 11.3 Å². The van der Waals surface area contributed by atoms with Gasteiger partial charge in [0.25, 0.3) is 0 Å². The van der Waals surface area contributed by atoms with Crippen molar-refractivity contribution in [1.82, 2.24) is 4.57 Å². The lowest BCUT2D eigenvalue weighted by molar-refractivity contribution is 0.350. The molecule has 0 aliphatic heterocycles. The Kier molecular flexibility index (Phi) is 6.49. The Bertz CT molecular complexity index is 1460. The van der Waals surface area contributed by atoms with Crippen molar-refractivity contribution in [2.75, 3.05) is 0 Å². The molecule has 0 saturated heterocycles. The van der Waals surface area contributed by atoms with Crippen LogP contribution < -0.4 is 10.4 Å². The fourth-order valence-electron chi connectivity index (χ4n) is 4.26. The average Bonchev–Trinajstić information content (AvgIpc) is 3.25. The van der Waals surface area contributed by atoms with Crippen molar-refractivity contribution in [3.05, 3.63) is 84.7 Å². The van der Waals surface area contributed by atoms with E-state index in [4.69, 9.17) is 27.6 Å². The van der Waals surface area contributed by atoms with Gasteiger partial charge in [0.2, 0.25) is 4.80 Å². The topological polar surface area (TPSA) is 59.9 Å². The molecule has 1 aliphatic rings. The van der Waals surface area contributed by atoms with Gasteiger partial charge in [-0.25, -0.2) is 4.79 Å². The van der Waals surface area contributed by atoms with E-state index in [1.165, 1.54) is 17.8 Å². The van der Waals surface area contributed by atoms with Crippen molar-refractivity contribution in [2.45, 2.75) is 38.1 Å². The highest BCUT2D eigenvalue weighted by molar-refractivity contribution is 7.07. The summed E-state index contributed by atoms with van der Waals surface area (Å²) in [4.78, 5) is 13.6. The lowest BCUT2D eigenvalue weighted by Crippen LogP contribution is -2.24. The Morgan fingerprint density at radius 1 is 1.03 bits per heavy atom. The smallest absolute Gasteiger partial charge is 0.345 e. The van der Waals surface area contributed by atoms with Gasteiger partial charge in [-0.2, -0.15) is 5.10 Å². The molecular weight excluding hydrogens is 477 g/mol. The average molecular weight is 498 g/mol. The van der Waals surface area contributed by atoms with Crippen LogP contribution in [-0.2, 0) is 0 Å². The van der Waals surface area contributed by atoms with E-state index in [0.717, 1.165) is 47.1 Å². The summed E-state index contributed by atoms with van der Waals surface area (Å²) in [5, 5.41) is 12.7. The van der Waals surface area contributed by atoms with E-state index in [0.29, 0.717) is 21.2 Å². The maximum absolute atomic E-state index is 12.9. The van der Waals surface area contributed by atoms with Crippen molar-refractivity contribution in [1.29, 1.82) is 0 Å². The first-order valence-electron chi connectivity index (χ1n) is 10.9. The summed E-state index contributed by atoms with van der Waals surface area (Å²) in [6.45, 7) is 0. The summed E-state index contributed by atoms with van der Waals surface area (Å²) in [6.07, 6.45) is 7.29. The molecule has 1 aliphatic carbocycles. The second-order valence-corrected chi connectivity index (χ2v) is 9.72. The third-order valence-corrected chi connectivity index (χ3v) is 7.46. The number of hydrogen-bond donors (Lipinski definition) is 0. The highest BCUT2D eigenvalue weighted by Crippen LogP contribution is 2.32. The van der Waals surface area contributed by atoms with Crippen LogP contribution in [-0.4, -0.2) is 10.8 Å². The Labute approximate surface area is 204 Å². The second-order valence-electron chi connectivity index (χ2n) is 8.07. The molecule has 2 aromatic heterocycles. The van der Waals surface area contributed by atoms with Crippen LogP contribution in [0.5, 0.6) is 0 Å². The lowest BCUT2D eigenvalue weighted by Gasteiger charge is -2.24. The Morgan fingerprint density at radius 2 is 1.85 bits per heavy atom. The predicted octanol–water partition coefficient (Wildman–Crippen LogP) is 7.07. The molecule has 1 fully saturated rings. The van der Waals surface area contributed by atoms with Gasteiger partial charge in [0.1, 0.15) is 5.58 Å². The molecule has 0 amide bonds. The molecule has 0 spiro atoms. The molecule has 0 unspecified atom stereocenters. The molecule has 0 N–H and O–H groups in total. The number of nitrogens with zero attached hydrogens (tertiary/aromatic N) is 3. The highest BCUT2D eigenvalue weighted by Gasteiger charge is 2.22. The molecule has 4 aromatic rings. The summed E-state index contributed by atoms with van der Waals surface area (Å²) in [5.74, 6) is 0. The van der Waals surface area contributed by atoms with Gasteiger partial charge in [-0.3, -0.25) is 0 Å². The molecule has 0 bridgehead atoms. The predicted molar refractivity (Wildman–Crippen MR) is 136 cm³/mol. The third-order valence-electron chi connectivity index (χ3n) is 5.89. The van der Waals surface area contributed by atoms with Gasteiger partial charge in [-0.1, -0.05) is 66.7 Å². The zero-order chi connectivity index (χ0) is 22.8. The van der Waals surface area contributed by atoms with E-state index >= 15 is 0 Å². The zero-order valence-corrected chi connectivity index (χ0v) is 20.0. The summed E-state index contributed by atoms with van der Waals surface area (Å²) in [5.41, 5.74) is 2.42. The Balaban J connectivity index is 1.60. The van der Waals surface area contributed by atoms with Crippen LogP contribution >= 0.6 is 34.5 Å². The van der Waals surface area contributed by atoms with Gasteiger partial charge >= 0.3 is 5.63 Å². The maximum Gasteiger partial charge on any atom is 0.345 e. The number of rotatable bonds is 4. The van der Waals surface area contributed by atoms with Crippen LogP contribution in [0.4, 0.5) is 0 Å². The van der Waals surface area contributed by atoms with E-state index in [-0.39, 0.29) is 11.7 Å². The zero-order valence-electron chi connectivity index (χ0n) is 17.7. The molecule has 2 heterocycles. The molecule has 0 radical (unpaired) electrons. The van der Waals surface area contributed by atoms with Crippen LogP contribution in [0.1, 0.15) is 43.7 Å². The SMILES string of the molecule is O=c1oc2ccccc2cc1-c1cs/c(=N\N=C/c2ccc(Cl)c(Cl)c2)n1C1CCCCC1. The number of aromatic nitrogens is 1. The third kappa shape index (κ3) is 4.69. The van der Waals surface area contributed by atoms with E-state index in [2.05, 4.69) is 14.8 Å². The van der Waals surface area contributed by atoms with Crippen LogP contribution in [0.3, 0.4) is 0 Å². The number of halogens is 2. The number of thiazole rings is 1. The molecule has 5 rings (SSSR count). The Hall–Kier alpha value is -2.67. The number of para-hydroxylation sites is 1. The van der Waals surface area contributed by atoms with Gasteiger partial charge < -0.3 is 8.98 Å². The minimum absolute atomic E-state index is 0.268. The molecular formula is C25H21Cl2N3O2S. The van der Waals surface area contributed by atoms with Crippen LogP contribution in [0.15, 0.2) is 73.3 Å². The van der Waals surface area contributed by atoms with Gasteiger partial charge in [0, 0.05) is 16.8 Å². The van der Waals surface area contributed by atoms with Crippen molar-refractivity contribution in [2.24, 2.45) is 10.2 Å². The standard InChI is InChI=1S/C25H21Cl2N3O2S/c26-20-11-10-16(12-21(20)27)14-28-29-25-30(18-7-2-1-3-8-18)22(15-33-25)19-13-17-6-4-5-9-23(17)32-24(19)31/h4-6,9-15,18H,1-3,7-8H2/b28-14-,29-25-. The fraction of sp³-hybridized carbons (Fsp3) is 0.240. The van der Waals surface area contributed by atoms with E-state index in [1.807, 2.05) is 41.8 Å². The monoisotopic (exact) mass is 497 g/mol. The quantitative estimate of drug-likeness (QED) is 0.172. The minimum atomic E-state index is -0.345. The van der Waals surface area contributed by atoms with Crippen LogP contribution in [0.25, 0.3) is 22.2 Å². The van der Waals surface area contributed by atoms with Gasteiger partial charge in [0.15, 0.2) is 0 Å². The summed E-state index contributed by atoms with van der Waals surface area (Å²) < 4.78 is 7.77. The van der Waals surface area contributed by atoms with E-state index in [1.54, 1.807) is 18.3 Å². The summed E-state index contributed by atoms with van der Waals surface area (Å²) >= 11 is 13.6. The van der Waals surface area contributed by atoms with Gasteiger partial charge in [0.05, 0.1) is 27.5 Å². The van der Waals surface area contributed by atoms with E-state index < -0.39 is 0 Å². The lowest BCUT2D eigenvalue weighted by atomic mass is 9.95. The largest absolute Gasteiger partial charge is 0.422 e. The van der Waals surface area contributed by atoms with Crippen molar-refractivity contribution in [3.63, 3.8) is 0 Å². The van der Waals surface area contributed by atoms with Crippen molar-refractivity contribution >= 4 is 51.7 Å². The molecule has 2 aromatic carbocycles. The molecule has 8 heteroatoms. The number of hydrogen-bond acceptors (Lipinski definition) is 5. The second kappa shape index (κ2) is 9.67. The van der Waals surface area contributed by atoms with Crippen LogP contribution in [0, 0.1) is 0 Å². The first-order chi connectivity index (χ1) is 16.1. The number of fused-ring (bicyclic) bond motifs is 1. The fourth-order valence-corrected chi connectivity index (χ4v) is 5.48. The van der Waals surface area contributed by atoms with Crippen molar-refractivity contribution < 1.29 is 4.42 Å². The molecule has 5 nitrogen and oxygen atoms in total. The van der Waals surface area contributed by atoms with Gasteiger partial charge in [-0.05, 0) is 42.7 Å². The summed E-state index contributed by atoms with van der Waals surface area (Å²) in [7, 11) is 0. The molecule has 168 valence electrons. The molecule has 33 heavy (non-hydrogen) atoms. The number of benzene rings is 2. The Morgan fingerprint density at radius 3 is 2.67 bits per heavy atom. The first-order valence-corrected chi connectivity index (χ1v) is 12.5.